The zero-order valence-electron chi connectivity index (χ0n) is 14.8. The second kappa shape index (κ2) is 7.07. The smallest absolute Gasteiger partial charge is 0.228 e. The van der Waals surface area contributed by atoms with Crippen molar-refractivity contribution in [1.29, 1.82) is 0 Å². The summed E-state index contributed by atoms with van der Waals surface area (Å²) in [5.41, 5.74) is 0.906. The maximum Gasteiger partial charge on any atom is 0.228 e. The van der Waals surface area contributed by atoms with Gasteiger partial charge in [-0.2, -0.15) is 0 Å². The van der Waals surface area contributed by atoms with Crippen molar-refractivity contribution < 1.29 is 14.3 Å². The molecule has 2 saturated heterocycles. The van der Waals surface area contributed by atoms with E-state index in [-0.39, 0.29) is 11.5 Å². The van der Waals surface area contributed by atoms with Gasteiger partial charge in [0.2, 0.25) is 5.91 Å². The largest absolute Gasteiger partial charge is 0.495 e. The predicted octanol–water partition coefficient (Wildman–Crippen LogP) is 1.55. The third-order valence-corrected chi connectivity index (χ3v) is 5.45. The van der Waals surface area contributed by atoms with Gasteiger partial charge in [-0.25, -0.2) is 0 Å². The Bertz CT molecular complexity index is 585. The van der Waals surface area contributed by atoms with E-state index >= 15 is 0 Å². The van der Waals surface area contributed by atoms with Crippen LogP contribution in [0.1, 0.15) is 24.8 Å². The summed E-state index contributed by atoms with van der Waals surface area (Å²) >= 11 is 0. The summed E-state index contributed by atoms with van der Waals surface area (Å²) < 4.78 is 10.8. The Morgan fingerprint density at radius 1 is 1.29 bits per heavy atom. The first-order valence-electron chi connectivity index (χ1n) is 8.55. The molecule has 0 N–H and O–H groups in total. The highest BCUT2D eigenvalue weighted by molar-refractivity contribution is 5.83. The monoisotopic (exact) mass is 333 g/mol. The highest BCUT2D eigenvalue weighted by atomic mass is 16.5. The Morgan fingerprint density at radius 2 is 2.04 bits per heavy atom. The van der Waals surface area contributed by atoms with E-state index in [4.69, 9.17) is 9.47 Å². The van der Waals surface area contributed by atoms with Gasteiger partial charge in [0.1, 0.15) is 5.75 Å². The molecule has 1 unspecified atom stereocenters. The fourth-order valence-electron chi connectivity index (χ4n) is 4.02. The van der Waals surface area contributed by atoms with Crippen molar-refractivity contribution in [3.8, 4) is 5.75 Å². The first kappa shape index (κ1) is 17.2. The van der Waals surface area contributed by atoms with Crippen molar-refractivity contribution >= 4 is 5.91 Å². The lowest BCUT2D eigenvalue weighted by atomic mass is 9.71. The Hall–Kier alpha value is -1.66. The van der Waals surface area contributed by atoms with Gasteiger partial charge in [0.25, 0.3) is 0 Å². The first-order valence-corrected chi connectivity index (χ1v) is 8.55. The van der Waals surface area contributed by atoms with Crippen LogP contribution in [0.5, 0.6) is 5.75 Å². The van der Waals surface area contributed by atoms with E-state index in [0.29, 0.717) is 12.5 Å². The molecular weight excluding hydrogens is 306 g/mol. The molecule has 1 atom stereocenters. The minimum absolute atomic E-state index is 0.154. The summed E-state index contributed by atoms with van der Waals surface area (Å²) in [6, 6.07) is 2.03. The molecule has 1 amide bonds. The number of methoxy groups -OCH3 is 2. The first-order chi connectivity index (χ1) is 11.6. The molecule has 1 aromatic rings. The fourth-order valence-corrected chi connectivity index (χ4v) is 4.02. The van der Waals surface area contributed by atoms with E-state index < -0.39 is 0 Å². The summed E-state index contributed by atoms with van der Waals surface area (Å²) in [6.07, 6.45) is 6.40. The van der Waals surface area contributed by atoms with Gasteiger partial charge < -0.3 is 14.4 Å². The molecule has 1 spiro atoms. The Balaban J connectivity index is 1.63. The number of likely N-dealkylation sites (tertiary alicyclic amines) is 2. The third-order valence-electron chi connectivity index (χ3n) is 5.45. The molecule has 132 valence electrons. The van der Waals surface area contributed by atoms with Crippen LogP contribution in [0, 0.1) is 5.41 Å². The topological polar surface area (TPSA) is 54.9 Å². The number of pyridine rings is 1. The van der Waals surface area contributed by atoms with Crippen LogP contribution in [-0.2, 0) is 16.1 Å². The van der Waals surface area contributed by atoms with Crippen molar-refractivity contribution in [2.75, 3.05) is 40.9 Å². The number of carbonyl (C=O) groups is 1. The number of nitrogens with zero attached hydrogens (tertiary/aromatic N) is 3. The maximum absolute atomic E-state index is 12.7. The number of aromatic nitrogens is 1. The van der Waals surface area contributed by atoms with Crippen molar-refractivity contribution in [2.45, 2.75) is 31.9 Å². The van der Waals surface area contributed by atoms with E-state index in [9.17, 15) is 4.79 Å². The normalized spacial score (nSPS) is 24.4. The summed E-state index contributed by atoms with van der Waals surface area (Å²) in [6.45, 7) is 3.40. The Morgan fingerprint density at radius 3 is 2.71 bits per heavy atom. The molecule has 1 aromatic heterocycles. The van der Waals surface area contributed by atoms with Gasteiger partial charge in [0.05, 0.1) is 24.8 Å². The molecule has 6 heteroatoms. The van der Waals surface area contributed by atoms with E-state index in [1.807, 2.05) is 24.2 Å². The average molecular weight is 333 g/mol. The number of ether oxygens (including phenoxy) is 2. The van der Waals surface area contributed by atoms with Crippen LogP contribution in [0.4, 0.5) is 0 Å². The lowest BCUT2D eigenvalue weighted by molar-refractivity contribution is -0.156. The number of amides is 1. The van der Waals surface area contributed by atoms with Gasteiger partial charge in [-0.3, -0.25) is 14.7 Å². The summed E-state index contributed by atoms with van der Waals surface area (Å²) in [7, 11) is 5.29. The van der Waals surface area contributed by atoms with Crippen molar-refractivity contribution in [1.82, 2.24) is 14.8 Å². The Kier molecular flexibility index (Phi) is 5.06. The van der Waals surface area contributed by atoms with Crippen LogP contribution in [-0.4, -0.2) is 67.7 Å². The summed E-state index contributed by atoms with van der Waals surface area (Å²) in [5.74, 6) is 1.08. The minimum atomic E-state index is -0.239. The predicted molar refractivity (Wildman–Crippen MR) is 90.8 cm³/mol. The van der Waals surface area contributed by atoms with E-state index in [1.165, 1.54) is 0 Å². The average Bonchev–Trinajstić information content (AvgIpc) is 2.61. The third kappa shape index (κ3) is 3.39. The van der Waals surface area contributed by atoms with Crippen LogP contribution in [0.15, 0.2) is 18.5 Å². The second-order valence-electron chi connectivity index (χ2n) is 7.04. The summed E-state index contributed by atoms with van der Waals surface area (Å²) in [5, 5.41) is 0. The van der Waals surface area contributed by atoms with Crippen molar-refractivity contribution in [3.05, 3.63) is 24.0 Å². The molecule has 2 aliphatic heterocycles. The number of piperidine rings is 2. The van der Waals surface area contributed by atoms with Gasteiger partial charge in [-0.05, 0) is 44.0 Å². The van der Waals surface area contributed by atoms with Gasteiger partial charge in [-0.1, -0.05) is 0 Å². The van der Waals surface area contributed by atoms with Crippen LogP contribution in [0.3, 0.4) is 0 Å². The lowest BCUT2D eigenvalue weighted by Gasteiger charge is -2.47. The van der Waals surface area contributed by atoms with E-state index in [1.54, 1.807) is 20.4 Å². The molecular formula is C18H27N3O3. The standard InChI is InChI=1S/C18H27N3O3/c1-20-13-16(24-3)9-18(17(20)22)4-6-21(7-5-18)12-14-8-15(23-2)11-19-10-14/h8,10-11,16H,4-7,9,12-13H2,1-3H3. The molecule has 0 radical (unpaired) electrons. The number of carbonyl (C=O) groups excluding carboxylic acids is 1. The molecule has 3 rings (SSSR count). The minimum Gasteiger partial charge on any atom is -0.495 e. The molecule has 0 saturated carbocycles. The molecule has 0 aromatic carbocycles. The molecule has 24 heavy (non-hydrogen) atoms. The second-order valence-corrected chi connectivity index (χ2v) is 7.04. The number of hydrogen-bond donors (Lipinski definition) is 0. The number of rotatable bonds is 4. The zero-order chi connectivity index (χ0) is 17.2. The number of hydrogen-bond acceptors (Lipinski definition) is 5. The zero-order valence-corrected chi connectivity index (χ0v) is 14.8. The van der Waals surface area contributed by atoms with E-state index in [0.717, 1.165) is 50.2 Å². The quantitative estimate of drug-likeness (QED) is 0.837. The molecule has 3 heterocycles. The molecule has 2 aliphatic rings. The van der Waals surface area contributed by atoms with Gasteiger partial charge >= 0.3 is 0 Å². The maximum atomic E-state index is 12.7. The van der Waals surface area contributed by atoms with Crippen molar-refractivity contribution in [2.24, 2.45) is 5.41 Å². The molecule has 2 fully saturated rings. The number of likely N-dealkylation sites (N-methyl/N-ethyl adjacent to an activating group) is 1. The SMILES string of the molecule is COc1cncc(CN2CCC3(CC2)CC(OC)CN(C)C3=O)c1. The van der Waals surface area contributed by atoms with Gasteiger partial charge in [0.15, 0.2) is 0 Å². The van der Waals surface area contributed by atoms with Gasteiger partial charge in [-0.15, -0.1) is 0 Å². The van der Waals surface area contributed by atoms with Crippen molar-refractivity contribution in [3.63, 3.8) is 0 Å². The molecule has 0 aliphatic carbocycles. The molecule has 6 nitrogen and oxygen atoms in total. The lowest BCUT2D eigenvalue weighted by Crippen LogP contribution is -2.56. The van der Waals surface area contributed by atoms with Crippen LogP contribution in [0.2, 0.25) is 0 Å². The fraction of sp³-hybridized carbons (Fsp3) is 0.667. The van der Waals surface area contributed by atoms with Gasteiger partial charge in [0, 0.05) is 33.4 Å². The van der Waals surface area contributed by atoms with Crippen LogP contribution < -0.4 is 4.74 Å². The van der Waals surface area contributed by atoms with Crippen LogP contribution >= 0.6 is 0 Å². The highest BCUT2D eigenvalue weighted by Gasteiger charge is 2.47. The Labute approximate surface area is 143 Å². The van der Waals surface area contributed by atoms with Crippen LogP contribution in [0.25, 0.3) is 0 Å². The highest BCUT2D eigenvalue weighted by Crippen LogP contribution is 2.41. The molecule has 0 bridgehead atoms. The summed E-state index contributed by atoms with van der Waals surface area (Å²) in [4.78, 5) is 21.2. The van der Waals surface area contributed by atoms with E-state index in [2.05, 4.69) is 9.88 Å².